The van der Waals surface area contributed by atoms with Gasteiger partial charge in [-0.15, -0.1) is 0 Å². The fraction of sp³-hybridized carbons (Fsp3) is 0.500. The largest absolute Gasteiger partial charge is 0.367 e. The number of benzene rings is 1. The average molecular weight is 249 g/mol. The summed E-state index contributed by atoms with van der Waals surface area (Å²) in [5.74, 6) is 0. The minimum Gasteiger partial charge on any atom is -0.367 e. The first-order valence-electron chi connectivity index (χ1n) is 6.23. The number of unbranched alkanes of at least 4 members (excludes halogenated alkanes) is 1. The van der Waals surface area contributed by atoms with Gasteiger partial charge < -0.3 is 4.90 Å². The number of nitriles is 1. The van der Waals surface area contributed by atoms with E-state index in [0.29, 0.717) is 16.6 Å². The highest BCUT2D eigenvalue weighted by Crippen LogP contribution is 2.35. The van der Waals surface area contributed by atoms with E-state index >= 15 is 0 Å². The molecule has 0 heterocycles. The Kier molecular flexibility index (Phi) is 3.91. The minimum absolute atomic E-state index is 0.562. The zero-order chi connectivity index (χ0) is 12.3. The summed E-state index contributed by atoms with van der Waals surface area (Å²) in [6.45, 7) is 3.21. The average Bonchev–Trinajstić information content (AvgIpc) is 3.14. The lowest BCUT2D eigenvalue weighted by Crippen LogP contribution is -2.27. The van der Waals surface area contributed by atoms with Crippen molar-refractivity contribution in [1.29, 1.82) is 5.26 Å². The summed E-state index contributed by atoms with van der Waals surface area (Å²) in [4.78, 5) is 2.36. The third kappa shape index (κ3) is 2.73. The highest BCUT2D eigenvalue weighted by atomic mass is 35.5. The van der Waals surface area contributed by atoms with Gasteiger partial charge in [0.2, 0.25) is 0 Å². The molecule has 3 heteroatoms. The van der Waals surface area contributed by atoms with E-state index in [2.05, 4.69) is 17.9 Å². The Hall–Kier alpha value is -1.20. The Morgan fingerprint density at radius 1 is 1.47 bits per heavy atom. The van der Waals surface area contributed by atoms with Crippen molar-refractivity contribution in [1.82, 2.24) is 0 Å². The molecule has 0 aromatic heterocycles. The Balaban J connectivity index is 2.29. The number of hydrogen-bond donors (Lipinski definition) is 0. The molecule has 0 amide bonds. The molecular formula is C14H17ClN2. The van der Waals surface area contributed by atoms with Crippen LogP contribution in [0.3, 0.4) is 0 Å². The summed E-state index contributed by atoms with van der Waals surface area (Å²) in [5, 5.41) is 9.78. The van der Waals surface area contributed by atoms with Crippen LogP contribution in [0.4, 0.5) is 5.69 Å². The zero-order valence-electron chi connectivity index (χ0n) is 10.1. The van der Waals surface area contributed by atoms with Crippen LogP contribution in [0.15, 0.2) is 18.2 Å². The lowest BCUT2D eigenvalue weighted by atomic mass is 10.1. The second kappa shape index (κ2) is 5.42. The van der Waals surface area contributed by atoms with Gasteiger partial charge in [-0.2, -0.15) is 5.26 Å². The molecule has 2 rings (SSSR count). The lowest BCUT2D eigenvalue weighted by molar-refractivity contribution is 0.712. The van der Waals surface area contributed by atoms with Gasteiger partial charge in [0.05, 0.1) is 16.3 Å². The summed E-state index contributed by atoms with van der Waals surface area (Å²) in [6, 6.07) is 8.58. The third-order valence-corrected chi connectivity index (χ3v) is 3.47. The van der Waals surface area contributed by atoms with Crippen LogP contribution in [0, 0.1) is 11.3 Å². The normalized spacial score (nSPS) is 14.4. The SMILES string of the molecule is CCCCN(c1cccc(Cl)c1C#N)C1CC1. The first-order valence-corrected chi connectivity index (χ1v) is 6.61. The van der Waals surface area contributed by atoms with Crippen LogP contribution in [0.25, 0.3) is 0 Å². The number of hydrogen-bond acceptors (Lipinski definition) is 2. The first kappa shape index (κ1) is 12.3. The van der Waals surface area contributed by atoms with Crippen LogP contribution < -0.4 is 4.90 Å². The molecule has 2 nitrogen and oxygen atoms in total. The van der Waals surface area contributed by atoms with Crippen molar-refractivity contribution < 1.29 is 0 Å². The second-order valence-corrected chi connectivity index (χ2v) is 4.93. The molecule has 1 saturated carbocycles. The molecule has 0 N–H and O–H groups in total. The number of anilines is 1. The molecular weight excluding hydrogens is 232 g/mol. The predicted octanol–water partition coefficient (Wildman–Crippen LogP) is 3.98. The molecule has 1 aliphatic carbocycles. The van der Waals surface area contributed by atoms with E-state index in [1.54, 1.807) is 6.07 Å². The van der Waals surface area contributed by atoms with Gasteiger partial charge in [-0.05, 0) is 31.4 Å². The van der Waals surface area contributed by atoms with Crippen molar-refractivity contribution in [3.63, 3.8) is 0 Å². The molecule has 0 saturated heterocycles. The van der Waals surface area contributed by atoms with E-state index in [1.165, 1.54) is 19.3 Å². The molecule has 0 unspecified atom stereocenters. The second-order valence-electron chi connectivity index (χ2n) is 4.52. The smallest absolute Gasteiger partial charge is 0.103 e. The fourth-order valence-corrected chi connectivity index (χ4v) is 2.29. The molecule has 0 bridgehead atoms. The summed E-state index contributed by atoms with van der Waals surface area (Å²) >= 11 is 6.08. The molecule has 17 heavy (non-hydrogen) atoms. The Bertz CT molecular complexity index is 432. The van der Waals surface area contributed by atoms with Crippen molar-refractivity contribution in [3.05, 3.63) is 28.8 Å². The molecule has 90 valence electrons. The quantitative estimate of drug-likeness (QED) is 0.788. The van der Waals surface area contributed by atoms with E-state index in [-0.39, 0.29) is 0 Å². The zero-order valence-corrected chi connectivity index (χ0v) is 10.9. The molecule has 1 fully saturated rings. The van der Waals surface area contributed by atoms with Crippen LogP contribution in [0.5, 0.6) is 0 Å². The van der Waals surface area contributed by atoms with Gasteiger partial charge in [-0.3, -0.25) is 0 Å². The molecule has 0 atom stereocenters. The lowest BCUT2D eigenvalue weighted by Gasteiger charge is -2.25. The van der Waals surface area contributed by atoms with Gasteiger partial charge in [0.1, 0.15) is 6.07 Å². The molecule has 1 aliphatic rings. The number of halogens is 1. The van der Waals surface area contributed by atoms with Crippen LogP contribution in [0.2, 0.25) is 5.02 Å². The van der Waals surface area contributed by atoms with Gasteiger partial charge in [0.25, 0.3) is 0 Å². The summed E-state index contributed by atoms with van der Waals surface area (Å²) in [6.07, 6.45) is 4.81. The Morgan fingerprint density at radius 3 is 2.82 bits per heavy atom. The highest BCUT2D eigenvalue weighted by molar-refractivity contribution is 6.32. The maximum Gasteiger partial charge on any atom is 0.103 e. The van der Waals surface area contributed by atoms with Gasteiger partial charge >= 0.3 is 0 Å². The monoisotopic (exact) mass is 248 g/mol. The molecule has 0 aliphatic heterocycles. The van der Waals surface area contributed by atoms with Crippen LogP contribution in [-0.4, -0.2) is 12.6 Å². The molecule has 0 spiro atoms. The molecule has 0 radical (unpaired) electrons. The van der Waals surface area contributed by atoms with Crippen molar-refractivity contribution in [3.8, 4) is 6.07 Å². The number of rotatable bonds is 5. The van der Waals surface area contributed by atoms with Crippen LogP contribution >= 0.6 is 11.6 Å². The highest BCUT2D eigenvalue weighted by Gasteiger charge is 2.30. The van der Waals surface area contributed by atoms with Gasteiger partial charge in [0.15, 0.2) is 0 Å². The maximum absolute atomic E-state index is 9.21. The fourth-order valence-electron chi connectivity index (χ4n) is 2.08. The first-order chi connectivity index (χ1) is 8.27. The Labute approximate surface area is 108 Å². The van der Waals surface area contributed by atoms with Crippen LogP contribution in [-0.2, 0) is 0 Å². The van der Waals surface area contributed by atoms with E-state index < -0.39 is 0 Å². The van der Waals surface area contributed by atoms with Gasteiger partial charge in [0, 0.05) is 12.6 Å². The van der Waals surface area contributed by atoms with Crippen LogP contribution in [0.1, 0.15) is 38.2 Å². The third-order valence-electron chi connectivity index (χ3n) is 3.15. The number of nitrogens with zero attached hydrogens (tertiary/aromatic N) is 2. The minimum atomic E-state index is 0.562. The van der Waals surface area contributed by atoms with Crippen molar-refractivity contribution >= 4 is 17.3 Å². The topological polar surface area (TPSA) is 27.0 Å². The summed E-state index contributed by atoms with van der Waals surface area (Å²) in [5.41, 5.74) is 1.63. The predicted molar refractivity (Wildman–Crippen MR) is 71.4 cm³/mol. The Morgan fingerprint density at radius 2 is 2.24 bits per heavy atom. The summed E-state index contributed by atoms with van der Waals surface area (Å²) < 4.78 is 0. The van der Waals surface area contributed by atoms with E-state index in [0.717, 1.165) is 18.7 Å². The van der Waals surface area contributed by atoms with Gasteiger partial charge in [-0.25, -0.2) is 0 Å². The van der Waals surface area contributed by atoms with E-state index in [9.17, 15) is 5.26 Å². The van der Waals surface area contributed by atoms with Crippen molar-refractivity contribution in [2.45, 2.75) is 38.6 Å². The van der Waals surface area contributed by atoms with Crippen molar-refractivity contribution in [2.24, 2.45) is 0 Å². The standard InChI is InChI=1S/C14H17ClN2/c1-2-3-9-17(11-7-8-11)14-6-4-5-13(15)12(14)10-16/h4-6,11H,2-3,7-9H2,1H3. The summed E-state index contributed by atoms with van der Waals surface area (Å²) in [7, 11) is 0. The van der Waals surface area contributed by atoms with Crippen molar-refractivity contribution in [2.75, 3.05) is 11.4 Å². The molecule has 1 aromatic rings. The van der Waals surface area contributed by atoms with Gasteiger partial charge in [-0.1, -0.05) is 31.0 Å². The van der Waals surface area contributed by atoms with E-state index in [4.69, 9.17) is 11.6 Å². The molecule has 1 aromatic carbocycles. The van der Waals surface area contributed by atoms with E-state index in [1.807, 2.05) is 12.1 Å². The maximum atomic E-state index is 9.21.